The molecule has 0 bridgehead atoms. The molecular weight excluding hydrogens is 1730 g/mol. The van der Waals surface area contributed by atoms with Crippen LogP contribution in [0, 0.1) is 11.6 Å². The number of methoxy groups -OCH3 is 2. The van der Waals surface area contributed by atoms with E-state index in [0.29, 0.717) is 154 Å². The lowest BCUT2D eigenvalue weighted by molar-refractivity contribution is 0.300. The maximum atomic E-state index is 13.7. The van der Waals surface area contributed by atoms with E-state index in [1.165, 1.54) is 72.5 Å². The van der Waals surface area contributed by atoms with E-state index in [0.717, 1.165) is 103 Å². The molecule has 0 atom stereocenters. The highest BCUT2D eigenvalue weighted by Crippen LogP contribution is 2.51. The number of thiophene rings is 3. The number of rotatable bonds is 14. The van der Waals surface area contributed by atoms with Gasteiger partial charge in [0.25, 0.3) is 0 Å². The van der Waals surface area contributed by atoms with Crippen molar-refractivity contribution in [3.05, 3.63) is 188 Å². The number of aromatic nitrogens is 12. The van der Waals surface area contributed by atoms with E-state index >= 15 is 0 Å². The lowest BCUT2D eigenvalue weighted by Gasteiger charge is -2.12. The van der Waals surface area contributed by atoms with E-state index in [9.17, 15) is 8.78 Å². The third-order valence-corrected chi connectivity index (χ3v) is 24.0. The molecule has 13 heterocycles. The summed E-state index contributed by atoms with van der Waals surface area (Å²) in [6.07, 6.45) is 5.70. The molecule has 0 saturated heterocycles. The standard InChI is InChI=1S/C18H16Cl2N4OS.C18H15Cl2N3O2S.C16H12Cl2N4OS.C14H12ClFN4O.C13H10ClFN4O/c1-3-22-8(2)13-6-10-15(23-18(21)24-17(10)26-13)14-9-4-5-25-16(9)12(20)7-11(14)19;1-3-24-8(2)13-6-10-15(22-18(21)23-17(10)26-13)14-9-4-5-25-16(9)12(20)7-11(14)19;1-6(19)11-4-8-13(21-16(20)22-15(8)24-11)12-7-2-3-23-14(7)10(18)5-9(12)17;1-20-4-3-10-13(20)12(19-14(17)18-10)7-5-11(21-2)9(16)6-8(7)15;1-20-10-4-6(7(14)5-8(10)15)11-12-9(2-3-17-12)18-13(16)19-11/h6-7,22H,2-5H2,1H3,(H2,21,23,24);6-7H,2-5H2,1H3,(H2,21,22,23);4-5H,1-3,19H2,(H2,20,21,22);3-6H,1-2H3,(H2,17,18,19);2-5,17H,1H3,(H2,16,18,19). The molecule has 0 aliphatic carbocycles. The van der Waals surface area contributed by atoms with E-state index in [1.807, 2.05) is 55.9 Å². The largest absolute Gasteiger partial charge is 0.494 e. The molecule has 0 unspecified atom stereocenters. The Morgan fingerprint density at radius 2 is 0.906 bits per heavy atom. The van der Waals surface area contributed by atoms with Crippen molar-refractivity contribution in [3.8, 4) is 85.0 Å². The average Bonchev–Trinajstić information content (AvgIpc) is 1.63. The molecule has 38 heteroatoms. The van der Waals surface area contributed by atoms with Crippen molar-refractivity contribution in [1.29, 1.82) is 0 Å². The minimum absolute atomic E-state index is 0.0845. The Morgan fingerprint density at radius 3 is 1.35 bits per heavy atom. The summed E-state index contributed by atoms with van der Waals surface area (Å²) in [5.41, 5.74) is 48.5. The summed E-state index contributed by atoms with van der Waals surface area (Å²) in [5, 5.41) is 9.28. The quantitative estimate of drug-likeness (QED) is 0.0469. The number of nitrogens with two attached hydrogens (primary N) is 6. The van der Waals surface area contributed by atoms with Gasteiger partial charge in [0.15, 0.2) is 23.1 Å². The first-order chi connectivity index (χ1) is 56.0. The van der Waals surface area contributed by atoms with Crippen LogP contribution in [0.4, 0.5) is 38.5 Å². The molecule has 25 nitrogen and oxygen atoms in total. The zero-order valence-corrected chi connectivity index (χ0v) is 70.7. The minimum Gasteiger partial charge on any atom is -0.494 e. The first-order valence-corrected chi connectivity index (χ1v) is 40.6. The van der Waals surface area contributed by atoms with Crippen molar-refractivity contribution in [1.82, 2.24) is 64.7 Å². The number of aromatic amines is 1. The third kappa shape index (κ3) is 16.6. The summed E-state index contributed by atoms with van der Waals surface area (Å²) in [6.45, 7) is 18.8. The number of nitrogens with zero attached hydrogens (tertiary/aromatic N) is 11. The summed E-state index contributed by atoms with van der Waals surface area (Å²) in [4.78, 5) is 51.1. The summed E-state index contributed by atoms with van der Waals surface area (Å²) >= 11 is 55.0. The van der Waals surface area contributed by atoms with E-state index in [4.69, 9.17) is 156 Å². The van der Waals surface area contributed by atoms with E-state index in [2.05, 4.69) is 79.9 Å². The van der Waals surface area contributed by atoms with Gasteiger partial charge in [0.05, 0.1) is 135 Å². The Bertz CT molecular complexity index is 6400. The molecule has 600 valence electrons. The SMILES string of the molecule is C=C(N)c1cc2c(-c3c(Cl)cc(Cl)c4c3CCO4)nc(N)nc2s1.C=C(NCC)c1cc2c(-c3c(Cl)cc(Cl)c4c3CCO4)nc(N)nc2s1.C=C(OCC)c1cc2c(-c3c(Cl)cc(Cl)c4c3CCO4)nc(N)nc2s1.COc1cc(-c2nc(N)nc3cc[nH]c23)c(Cl)cc1F.COc1cc(-c2nc(N)nc3ccn(C)c23)c(Cl)cc1F. The number of hydrogen-bond donors (Lipinski definition) is 8. The Hall–Kier alpha value is -10.7. The number of halogens is 10. The fourth-order valence-electron chi connectivity index (χ4n) is 13.3. The molecule has 18 rings (SSSR count). The number of nitrogens with one attached hydrogen (secondary N) is 2. The number of fused-ring (bicyclic) bond motifs is 8. The number of ether oxygens (including phenoxy) is 6. The number of hydrogen-bond acceptors (Lipinski definition) is 26. The monoisotopic (exact) mass is 1790 g/mol. The Kier molecular flexibility index (Phi) is 24.4. The lowest BCUT2D eigenvalue weighted by Crippen LogP contribution is -2.08. The predicted molar refractivity (Wildman–Crippen MR) is 471 cm³/mol. The van der Waals surface area contributed by atoms with Crippen LogP contribution in [0.2, 0.25) is 40.2 Å². The predicted octanol–water partition coefficient (Wildman–Crippen LogP) is 20.1. The molecular formula is C79H65Cl8F2N19O6S3. The molecule has 3 aliphatic rings. The highest BCUT2D eigenvalue weighted by atomic mass is 35.5. The molecule has 0 saturated carbocycles. The Balaban J connectivity index is 0.000000121. The van der Waals surface area contributed by atoms with E-state index in [1.54, 1.807) is 30.5 Å². The number of aryl methyl sites for hydroxylation is 1. The zero-order chi connectivity index (χ0) is 83.3. The molecule has 10 aromatic heterocycles. The van der Waals surface area contributed by atoms with Gasteiger partial charge in [-0.1, -0.05) is 113 Å². The van der Waals surface area contributed by atoms with Crippen molar-refractivity contribution in [2.45, 2.75) is 33.1 Å². The number of anilines is 5. The van der Waals surface area contributed by atoms with Crippen LogP contribution in [-0.2, 0) is 31.0 Å². The second-order valence-corrected chi connectivity index (χ2v) is 32.1. The topological polar surface area (TPSA) is 373 Å². The molecule has 15 aromatic rings. The van der Waals surface area contributed by atoms with Crippen LogP contribution in [-0.4, -0.2) is 107 Å². The second-order valence-electron chi connectivity index (χ2n) is 25.7. The van der Waals surface area contributed by atoms with Crippen molar-refractivity contribution in [2.75, 3.05) is 75.9 Å². The van der Waals surface area contributed by atoms with Crippen LogP contribution >= 0.6 is 127 Å². The van der Waals surface area contributed by atoms with Gasteiger partial charge in [0.1, 0.15) is 48.9 Å². The van der Waals surface area contributed by atoms with Crippen LogP contribution < -0.4 is 63.4 Å². The van der Waals surface area contributed by atoms with Gasteiger partial charge < -0.3 is 77.7 Å². The molecule has 0 spiro atoms. The van der Waals surface area contributed by atoms with Crippen LogP contribution in [0.25, 0.3) is 126 Å². The lowest BCUT2D eigenvalue weighted by atomic mass is 10.00. The van der Waals surface area contributed by atoms with Gasteiger partial charge in [-0.3, -0.25) is 0 Å². The summed E-state index contributed by atoms with van der Waals surface area (Å²) in [5.74, 6) is 2.49. The van der Waals surface area contributed by atoms with Crippen LogP contribution in [0.1, 0.15) is 45.2 Å². The second kappa shape index (κ2) is 34.4. The van der Waals surface area contributed by atoms with Crippen LogP contribution in [0.5, 0.6) is 28.7 Å². The van der Waals surface area contributed by atoms with Crippen molar-refractivity contribution in [3.63, 3.8) is 0 Å². The van der Waals surface area contributed by atoms with Crippen molar-refractivity contribution in [2.24, 2.45) is 12.8 Å². The highest BCUT2D eigenvalue weighted by molar-refractivity contribution is 7.20. The van der Waals surface area contributed by atoms with E-state index < -0.39 is 11.6 Å². The number of nitrogen functional groups attached to an aromatic ring is 5. The summed E-state index contributed by atoms with van der Waals surface area (Å²) < 4.78 is 61.6. The molecule has 5 aromatic carbocycles. The average molecular weight is 1790 g/mol. The Labute approximate surface area is 717 Å². The molecule has 14 N–H and O–H groups in total. The van der Waals surface area contributed by atoms with Gasteiger partial charge in [0.2, 0.25) is 29.7 Å². The summed E-state index contributed by atoms with van der Waals surface area (Å²) in [6, 6.07) is 19.9. The van der Waals surface area contributed by atoms with Gasteiger partial charge in [0, 0.05) is 117 Å². The zero-order valence-electron chi connectivity index (χ0n) is 62.2. The molecule has 0 amide bonds. The molecule has 117 heavy (non-hydrogen) atoms. The van der Waals surface area contributed by atoms with Gasteiger partial charge in [-0.05, 0) is 86.6 Å². The Morgan fingerprint density at radius 1 is 0.504 bits per heavy atom. The van der Waals surface area contributed by atoms with Crippen LogP contribution in [0.15, 0.2) is 105 Å². The first kappa shape index (κ1) is 82.8. The van der Waals surface area contributed by atoms with Crippen molar-refractivity contribution < 1.29 is 37.2 Å². The molecule has 0 fully saturated rings. The maximum Gasteiger partial charge on any atom is 0.221 e. The molecule has 0 radical (unpaired) electrons. The van der Waals surface area contributed by atoms with Gasteiger partial charge >= 0.3 is 0 Å². The fraction of sp³-hybridized carbons (Fsp3) is 0.165. The van der Waals surface area contributed by atoms with Crippen LogP contribution in [0.3, 0.4) is 0 Å². The van der Waals surface area contributed by atoms with Gasteiger partial charge in [-0.15, -0.1) is 34.0 Å². The number of benzene rings is 5. The number of H-pyrrole nitrogens is 1. The summed E-state index contributed by atoms with van der Waals surface area (Å²) in [7, 11) is 4.64. The smallest absolute Gasteiger partial charge is 0.221 e. The minimum atomic E-state index is -0.536. The van der Waals surface area contributed by atoms with Gasteiger partial charge in [-0.2, -0.15) is 0 Å². The van der Waals surface area contributed by atoms with Crippen molar-refractivity contribution >= 4 is 226 Å². The fourth-order valence-corrected chi connectivity index (χ4v) is 18.6. The van der Waals surface area contributed by atoms with Gasteiger partial charge in [-0.25, -0.2) is 58.6 Å². The maximum absolute atomic E-state index is 13.7. The van der Waals surface area contributed by atoms with E-state index in [-0.39, 0.29) is 51.3 Å². The normalized spacial score (nSPS) is 12.3. The third-order valence-electron chi connectivity index (χ3n) is 18.3. The molecule has 3 aliphatic heterocycles. The highest BCUT2D eigenvalue weighted by Gasteiger charge is 2.31. The first-order valence-electron chi connectivity index (χ1n) is 35.1.